The van der Waals surface area contributed by atoms with E-state index in [0.717, 1.165) is 0 Å². The summed E-state index contributed by atoms with van der Waals surface area (Å²) in [6, 6.07) is 3.47. The molecule has 0 radical (unpaired) electrons. The van der Waals surface area contributed by atoms with Crippen molar-refractivity contribution in [1.82, 2.24) is 4.90 Å². The van der Waals surface area contributed by atoms with E-state index in [9.17, 15) is 9.59 Å². The van der Waals surface area contributed by atoms with Crippen molar-refractivity contribution in [2.75, 3.05) is 34.4 Å². The summed E-state index contributed by atoms with van der Waals surface area (Å²) < 4.78 is 21.4. The highest BCUT2D eigenvalue weighted by molar-refractivity contribution is 5.90. The van der Waals surface area contributed by atoms with E-state index in [1.54, 1.807) is 32.3 Å². The molecule has 0 spiro atoms. The summed E-state index contributed by atoms with van der Waals surface area (Å²) in [4.78, 5) is 24.9. The number of esters is 1. The maximum Gasteiger partial charge on any atom is 0.331 e. The summed E-state index contributed by atoms with van der Waals surface area (Å²) in [6.45, 7) is 2.44. The van der Waals surface area contributed by atoms with Crippen LogP contribution < -0.4 is 14.2 Å². The molecule has 7 nitrogen and oxygen atoms in total. The first-order valence-electron chi connectivity index (χ1n) is 7.50. The second kappa shape index (κ2) is 7.72. The molecule has 0 saturated heterocycles. The van der Waals surface area contributed by atoms with Gasteiger partial charge in [-0.2, -0.15) is 0 Å². The van der Waals surface area contributed by atoms with E-state index in [4.69, 9.17) is 18.9 Å². The number of fused-ring (bicyclic) bond motifs is 1. The predicted octanol–water partition coefficient (Wildman–Crippen LogP) is 1.50. The van der Waals surface area contributed by atoms with Crippen molar-refractivity contribution in [3.8, 4) is 17.2 Å². The van der Waals surface area contributed by atoms with Gasteiger partial charge in [0.15, 0.2) is 17.6 Å². The van der Waals surface area contributed by atoms with Crippen molar-refractivity contribution in [2.45, 2.75) is 13.0 Å². The normalized spacial score (nSPS) is 14.2. The average Bonchev–Trinajstić information content (AvgIpc) is 2.58. The van der Waals surface area contributed by atoms with Crippen LogP contribution in [0.4, 0.5) is 0 Å². The molecular formula is C17H21NO6. The van der Waals surface area contributed by atoms with Gasteiger partial charge in [0.25, 0.3) is 5.91 Å². The van der Waals surface area contributed by atoms with Crippen molar-refractivity contribution in [3.63, 3.8) is 0 Å². The molecule has 1 amide bonds. The van der Waals surface area contributed by atoms with E-state index in [-0.39, 0.29) is 5.91 Å². The molecule has 0 N–H and O–H groups in total. The summed E-state index contributed by atoms with van der Waals surface area (Å²) in [7, 11) is 4.73. The number of nitrogens with zero attached hydrogens (tertiary/aromatic N) is 1. The Morgan fingerprint density at radius 1 is 1.25 bits per heavy atom. The number of hydrogen-bond acceptors (Lipinski definition) is 6. The second-order valence-electron chi connectivity index (χ2n) is 5.39. The molecule has 1 aliphatic heterocycles. The number of ether oxygens (including phenoxy) is 4. The molecule has 2 rings (SSSR count). The number of carbonyl (C=O) groups excluding carboxylic acids is 2. The van der Waals surface area contributed by atoms with Crippen molar-refractivity contribution < 1.29 is 28.5 Å². The molecule has 0 aliphatic carbocycles. The van der Waals surface area contributed by atoms with Crippen LogP contribution >= 0.6 is 0 Å². The lowest BCUT2D eigenvalue weighted by Gasteiger charge is -2.21. The van der Waals surface area contributed by atoms with Crippen molar-refractivity contribution in [2.24, 2.45) is 0 Å². The first-order chi connectivity index (χ1) is 11.4. The highest BCUT2D eigenvalue weighted by Crippen LogP contribution is 2.40. The van der Waals surface area contributed by atoms with Crippen molar-refractivity contribution in [1.29, 1.82) is 0 Å². The van der Waals surface area contributed by atoms with Crippen LogP contribution in [0.2, 0.25) is 0 Å². The van der Waals surface area contributed by atoms with Crippen LogP contribution in [-0.4, -0.2) is 57.3 Å². The topological polar surface area (TPSA) is 74.3 Å². The number of benzene rings is 1. The van der Waals surface area contributed by atoms with E-state index >= 15 is 0 Å². The molecule has 7 heteroatoms. The van der Waals surface area contributed by atoms with Crippen LogP contribution in [-0.2, 0) is 14.3 Å². The summed E-state index contributed by atoms with van der Waals surface area (Å²) >= 11 is 0. The van der Waals surface area contributed by atoms with Gasteiger partial charge in [-0.1, -0.05) is 0 Å². The zero-order valence-electron chi connectivity index (χ0n) is 14.2. The third-order valence-electron chi connectivity index (χ3n) is 3.34. The maximum atomic E-state index is 11.8. The van der Waals surface area contributed by atoms with Gasteiger partial charge in [0.05, 0.1) is 7.11 Å². The molecule has 1 aliphatic rings. The quantitative estimate of drug-likeness (QED) is 0.600. The summed E-state index contributed by atoms with van der Waals surface area (Å²) in [6.07, 6.45) is 1.98. The zero-order valence-corrected chi connectivity index (χ0v) is 14.2. The molecular weight excluding hydrogens is 314 g/mol. The SMILES string of the molecule is COc1cc(/C=C/C(=O)O[C@H](C)C(=O)N(C)C)cc2c1OCCO2. The Labute approximate surface area is 140 Å². The molecule has 1 atom stereocenters. The molecule has 24 heavy (non-hydrogen) atoms. The van der Waals surface area contributed by atoms with E-state index in [1.807, 2.05) is 0 Å². The van der Waals surface area contributed by atoms with Gasteiger partial charge in [-0.05, 0) is 30.7 Å². The number of carbonyl (C=O) groups is 2. The van der Waals surface area contributed by atoms with Gasteiger partial charge in [-0.3, -0.25) is 4.79 Å². The number of rotatable bonds is 5. The Hall–Kier alpha value is -2.70. The fourth-order valence-corrected chi connectivity index (χ4v) is 2.18. The smallest absolute Gasteiger partial charge is 0.331 e. The Morgan fingerprint density at radius 3 is 2.62 bits per heavy atom. The lowest BCUT2D eigenvalue weighted by atomic mass is 10.1. The Bertz CT molecular complexity index is 635. The lowest BCUT2D eigenvalue weighted by molar-refractivity contribution is -0.153. The predicted molar refractivity (Wildman–Crippen MR) is 87.3 cm³/mol. The molecule has 130 valence electrons. The largest absolute Gasteiger partial charge is 0.493 e. The Kier molecular flexibility index (Phi) is 5.68. The van der Waals surface area contributed by atoms with Crippen LogP contribution in [0.5, 0.6) is 17.2 Å². The molecule has 0 saturated carbocycles. The van der Waals surface area contributed by atoms with Gasteiger partial charge in [-0.25, -0.2) is 4.79 Å². The zero-order chi connectivity index (χ0) is 17.7. The summed E-state index contributed by atoms with van der Waals surface area (Å²) in [5.74, 6) is 0.749. The van der Waals surface area contributed by atoms with Gasteiger partial charge in [0.1, 0.15) is 13.2 Å². The molecule has 0 aromatic heterocycles. The molecule has 1 aromatic carbocycles. The monoisotopic (exact) mass is 335 g/mol. The van der Waals surface area contributed by atoms with Crippen LogP contribution in [0.1, 0.15) is 12.5 Å². The maximum absolute atomic E-state index is 11.8. The van der Waals surface area contributed by atoms with Gasteiger partial charge in [0, 0.05) is 20.2 Å². The highest BCUT2D eigenvalue weighted by Gasteiger charge is 2.19. The van der Waals surface area contributed by atoms with E-state index in [1.165, 1.54) is 25.0 Å². The van der Waals surface area contributed by atoms with Crippen LogP contribution in [0, 0.1) is 0 Å². The average molecular weight is 335 g/mol. The minimum absolute atomic E-state index is 0.280. The van der Waals surface area contributed by atoms with E-state index < -0.39 is 12.1 Å². The molecule has 0 unspecified atom stereocenters. The van der Waals surface area contributed by atoms with E-state index in [2.05, 4.69) is 0 Å². The van der Waals surface area contributed by atoms with Crippen LogP contribution in [0.3, 0.4) is 0 Å². The molecule has 0 bridgehead atoms. The summed E-state index contributed by atoms with van der Waals surface area (Å²) in [5.41, 5.74) is 0.694. The standard InChI is InChI=1S/C17H21NO6/c1-11(17(20)18(2)3)24-15(19)6-5-12-9-13(21-4)16-14(10-12)22-7-8-23-16/h5-6,9-11H,7-8H2,1-4H3/b6-5+/t11-/m1/s1. The highest BCUT2D eigenvalue weighted by atomic mass is 16.6. The fourth-order valence-electron chi connectivity index (χ4n) is 2.18. The Morgan fingerprint density at radius 2 is 1.96 bits per heavy atom. The van der Waals surface area contributed by atoms with E-state index in [0.29, 0.717) is 36.0 Å². The number of methoxy groups -OCH3 is 1. The number of amides is 1. The Balaban J connectivity index is 2.08. The minimum atomic E-state index is -0.841. The first-order valence-corrected chi connectivity index (χ1v) is 7.50. The fraction of sp³-hybridized carbons (Fsp3) is 0.412. The van der Waals surface area contributed by atoms with Gasteiger partial charge in [0.2, 0.25) is 5.75 Å². The number of likely N-dealkylation sites (N-methyl/N-ethyl adjacent to an activating group) is 1. The third kappa shape index (κ3) is 4.18. The lowest BCUT2D eigenvalue weighted by Crippen LogP contribution is -2.34. The molecule has 1 heterocycles. The van der Waals surface area contributed by atoms with Crippen LogP contribution in [0.15, 0.2) is 18.2 Å². The number of hydrogen-bond donors (Lipinski definition) is 0. The van der Waals surface area contributed by atoms with Crippen molar-refractivity contribution in [3.05, 3.63) is 23.8 Å². The van der Waals surface area contributed by atoms with Gasteiger partial charge >= 0.3 is 5.97 Å². The molecule has 1 aromatic rings. The van der Waals surface area contributed by atoms with Crippen LogP contribution in [0.25, 0.3) is 6.08 Å². The third-order valence-corrected chi connectivity index (χ3v) is 3.34. The van der Waals surface area contributed by atoms with Gasteiger partial charge < -0.3 is 23.8 Å². The minimum Gasteiger partial charge on any atom is -0.493 e. The molecule has 0 fully saturated rings. The summed E-state index contributed by atoms with van der Waals surface area (Å²) in [5, 5.41) is 0. The van der Waals surface area contributed by atoms with Gasteiger partial charge in [-0.15, -0.1) is 0 Å². The van der Waals surface area contributed by atoms with Crippen molar-refractivity contribution >= 4 is 18.0 Å². The first kappa shape index (κ1) is 17.7. The second-order valence-corrected chi connectivity index (χ2v) is 5.39.